The zero-order chi connectivity index (χ0) is 11.7. The molecule has 1 aromatic heterocycles. The summed E-state index contributed by atoms with van der Waals surface area (Å²) in [5.74, 6) is -1.03. The smallest absolute Gasteiger partial charge is 0.235 e. The third-order valence-electron chi connectivity index (χ3n) is 2.39. The maximum atomic E-state index is 10.5. The molecule has 0 amide bonds. The van der Waals surface area contributed by atoms with Crippen molar-refractivity contribution in [2.24, 2.45) is 0 Å². The second-order valence-corrected chi connectivity index (χ2v) is 5.18. The van der Waals surface area contributed by atoms with Crippen molar-refractivity contribution in [1.29, 1.82) is 0 Å². The molecule has 0 fully saturated rings. The van der Waals surface area contributed by atoms with Crippen LogP contribution in [0.15, 0.2) is 18.2 Å². The molecule has 0 saturated heterocycles. The number of benzene rings is 1. The number of halogens is 2. The predicted molar refractivity (Wildman–Crippen MR) is 76.8 cm³/mol. The molecule has 0 aliphatic carbocycles. The normalized spacial score (nSPS) is 10.2. The van der Waals surface area contributed by atoms with Crippen LogP contribution in [-0.2, 0) is 11.3 Å². The van der Waals surface area contributed by atoms with Crippen molar-refractivity contribution in [2.75, 3.05) is 0 Å². The summed E-state index contributed by atoms with van der Waals surface area (Å²) >= 11 is 7.56. The van der Waals surface area contributed by atoms with Gasteiger partial charge < -0.3 is 9.90 Å². The Hall–Kier alpha value is -0.400. The van der Waals surface area contributed by atoms with Gasteiger partial charge in [-0.25, -0.2) is 0 Å². The number of rotatable bonds is 3. The first-order chi connectivity index (χ1) is 7.58. The standard InChI is InChI=1S/C11H10ClNO2S.HI/c1-7-13(5-4-11(14)15)9-6-8(12)2-3-10(9)16-7;/h2-3,6H,4-5H2,1H3;1H. The van der Waals surface area contributed by atoms with Crippen molar-refractivity contribution in [3.63, 3.8) is 0 Å². The van der Waals surface area contributed by atoms with E-state index in [2.05, 4.69) is 0 Å². The molecule has 3 nitrogen and oxygen atoms in total. The zero-order valence-electron chi connectivity index (χ0n) is 9.10. The fourth-order valence-electron chi connectivity index (χ4n) is 1.65. The van der Waals surface area contributed by atoms with Crippen LogP contribution in [0, 0.1) is 6.92 Å². The Bertz CT molecular complexity index is 556. The van der Waals surface area contributed by atoms with Gasteiger partial charge in [0, 0.05) is 30.4 Å². The summed E-state index contributed by atoms with van der Waals surface area (Å²) < 4.78 is 3.07. The number of aryl methyl sites for hydroxylation is 2. The largest absolute Gasteiger partial charge is 0.550 e. The molecule has 0 saturated carbocycles. The van der Waals surface area contributed by atoms with Gasteiger partial charge in [-0.3, -0.25) is 0 Å². The van der Waals surface area contributed by atoms with Crippen molar-refractivity contribution < 1.29 is 14.5 Å². The third kappa shape index (κ3) is 3.29. The van der Waals surface area contributed by atoms with E-state index in [0.29, 0.717) is 11.6 Å². The molecule has 2 rings (SSSR count). The quantitative estimate of drug-likeness (QED) is 0.600. The SMILES string of the molecule is Cc1sc2ccc(Cl)cc2[n+]1CCC(=O)[O-].I. The number of fused-ring (bicyclic) bond motifs is 1. The summed E-state index contributed by atoms with van der Waals surface area (Å²) in [6, 6.07) is 5.64. The first-order valence-electron chi connectivity index (χ1n) is 4.86. The molecule has 0 N–H and O–H groups in total. The summed E-state index contributed by atoms with van der Waals surface area (Å²) in [5, 5.41) is 12.2. The molecule has 6 heteroatoms. The van der Waals surface area contributed by atoms with E-state index in [-0.39, 0.29) is 30.4 Å². The molecule has 0 radical (unpaired) electrons. The van der Waals surface area contributed by atoms with Crippen molar-refractivity contribution >= 4 is 63.1 Å². The Balaban J connectivity index is 0.00000144. The summed E-state index contributed by atoms with van der Waals surface area (Å²) in [6.45, 7) is 2.39. The number of nitrogens with zero attached hydrogens (tertiary/aromatic N) is 1. The van der Waals surface area contributed by atoms with Crippen LogP contribution >= 0.6 is 46.9 Å². The summed E-state index contributed by atoms with van der Waals surface area (Å²) in [7, 11) is 0. The van der Waals surface area contributed by atoms with Gasteiger partial charge in [0.15, 0.2) is 6.54 Å². The van der Waals surface area contributed by atoms with Gasteiger partial charge >= 0.3 is 0 Å². The monoisotopic (exact) mass is 383 g/mol. The minimum atomic E-state index is -1.03. The van der Waals surface area contributed by atoms with Crippen molar-refractivity contribution in [2.45, 2.75) is 19.9 Å². The van der Waals surface area contributed by atoms with Crippen LogP contribution in [-0.4, -0.2) is 5.97 Å². The minimum absolute atomic E-state index is 0. The number of carboxylic acid groups (broad SMARTS) is 1. The second kappa shape index (κ2) is 5.97. The first-order valence-corrected chi connectivity index (χ1v) is 6.05. The lowest BCUT2D eigenvalue weighted by Gasteiger charge is -1.98. The Labute approximate surface area is 125 Å². The molecule has 0 unspecified atom stereocenters. The highest BCUT2D eigenvalue weighted by atomic mass is 127. The van der Waals surface area contributed by atoms with E-state index in [0.717, 1.165) is 15.2 Å². The zero-order valence-corrected chi connectivity index (χ0v) is 13.0. The molecule has 1 heterocycles. The highest BCUT2D eigenvalue weighted by Gasteiger charge is 2.16. The highest BCUT2D eigenvalue weighted by molar-refractivity contribution is 14.0. The van der Waals surface area contributed by atoms with Gasteiger partial charge in [0.25, 0.3) is 0 Å². The van der Waals surface area contributed by atoms with Gasteiger partial charge in [0.2, 0.25) is 10.5 Å². The molecule has 92 valence electrons. The van der Waals surface area contributed by atoms with Crippen LogP contribution in [0.4, 0.5) is 0 Å². The molecule has 0 aliphatic rings. The maximum absolute atomic E-state index is 10.5. The fraction of sp³-hybridized carbons (Fsp3) is 0.273. The van der Waals surface area contributed by atoms with E-state index >= 15 is 0 Å². The average molecular weight is 384 g/mol. The molecule has 0 bridgehead atoms. The van der Waals surface area contributed by atoms with Crippen LogP contribution in [0.5, 0.6) is 0 Å². The fourth-order valence-corrected chi connectivity index (χ4v) is 2.85. The highest BCUT2D eigenvalue weighted by Crippen LogP contribution is 2.23. The molecule has 0 atom stereocenters. The van der Waals surface area contributed by atoms with Crippen molar-refractivity contribution in [3.8, 4) is 0 Å². The van der Waals surface area contributed by atoms with E-state index in [1.54, 1.807) is 11.3 Å². The van der Waals surface area contributed by atoms with Crippen LogP contribution in [0.25, 0.3) is 10.2 Å². The van der Waals surface area contributed by atoms with Crippen LogP contribution in [0.3, 0.4) is 0 Å². The van der Waals surface area contributed by atoms with Gasteiger partial charge in [0.1, 0.15) is 4.70 Å². The minimum Gasteiger partial charge on any atom is -0.550 e. The van der Waals surface area contributed by atoms with E-state index in [4.69, 9.17) is 11.6 Å². The summed E-state index contributed by atoms with van der Waals surface area (Å²) in [6.07, 6.45) is 0.0177. The number of hydrogen-bond acceptors (Lipinski definition) is 3. The lowest BCUT2D eigenvalue weighted by atomic mass is 10.3. The third-order valence-corrected chi connectivity index (χ3v) is 3.71. The van der Waals surface area contributed by atoms with E-state index in [1.165, 1.54) is 0 Å². The van der Waals surface area contributed by atoms with E-state index in [9.17, 15) is 9.90 Å². The Morgan fingerprint density at radius 2 is 2.24 bits per heavy atom. The van der Waals surface area contributed by atoms with Crippen LogP contribution in [0.2, 0.25) is 5.02 Å². The lowest BCUT2D eigenvalue weighted by molar-refractivity contribution is -0.672. The van der Waals surface area contributed by atoms with Gasteiger partial charge in [-0.1, -0.05) is 22.9 Å². The van der Waals surface area contributed by atoms with Crippen LogP contribution in [0.1, 0.15) is 11.4 Å². The van der Waals surface area contributed by atoms with Gasteiger partial charge in [-0.2, -0.15) is 4.57 Å². The lowest BCUT2D eigenvalue weighted by Crippen LogP contribution is -2.38. The Morgan fingerprint density at radius 3 is 2.88 bits per heavy atom. The number of hydrogen-bond donors (Lipinski definition) is 0. The Kier molecular flexibility index (Phi) is 5.15. The first kappa shape index (κ1) is 14.7. The summed E-state index contributed by atoms with van der Waals surface area (Å²) in [4.78, 5) is 10.5. The van der Waals surface area contributed by atoms with E-state index in [1.807, 2.05) is 29.7 Å². The van der Waals surface area contributed by atoms with Gasteiger partial charge in [-0.05, 0) is 12.1 Å². The Morgan fingerprint density at radius 1 is 1.53 bits per heavy atom. The molecule has 0 spiro atoms. The molecular weight excluding hydrogens is 373 g/mol. The molecule has 1 aromatic carbocycles. The topological polar surface area (TPSA) is 44.0 Å². The number of aliphatic carboxylic acids is 1. The number of carbonyl (C=O) groups is 1. The number of carbonyl (C=O) groups excluding carboxylic acids is 1. The number of carboxylic acids is 1. The molecule has 0 aliphatic heterocycles. The summed E-state index contributed by atoms with van der Waals surface area (Å²) in [5.41, 5.74) is 0.983. The average Bonchev–Trinajstić information content (AvgIpc) is 2.51. The molecular formula is C11H11ClINO2S. The molecule has 17 heavy (non-hydrogen) atoms. The molecule has 2 aromatic rings. The van der Waals surface area contributed by atoms with Crippen molar-refractivity contribution in [1.82, 2.24) is 0 Å². The van der Waals surface area contributed by atoms with Crippen LogP contribution < -0.4 is 9.67 Å². The maximum Gasteiger partial charge on any atom is 0.235 e. The van der Waals surface area contributed by atoms with Gasteiger partial charge in [-0.15, -0.1) is 24.0 Å². The number of thiazole rings is 1. The van der Waals surface area contributed by atoms with E-state index < -0.39 is 5.97 Å². The predicted octanol–water partition coefficient (Wildman–Crippen LogP) is 1.91. The van der Waals surface area contributed by atoms with Gasteiger partial charge in [0.05, 0.1) is 0 Å². The second-order valence-electron chi connectivity index (χ2n) is 3.51. The number of aromatic nitrogens is 1. The van der Waals surface area contributed by atoms with Crippen molar-refractivity contribution in [3.05, 3.63) is 28.2 Å².